The highest BCUT2D eigenvalue weighted by atomic mass is 19.4. The molecule has 0 aliphatic carbocycles. The second-order valence-electron chi connectivity index (χ2n) is 5.16. The van der Waals surface area contributed by atoms with Gasteiger partial charge in [-0.25, -0.2) is 4.39 Å². The van der Waals surface area contributed by atoms with Crippen molar-refractivity contribution < 1.29 is 22.3 Å². The maximum absolute atomic E-state index is 13.4. The van der Waals surface area contributed by atoms with E-state index in [1.807, 2.05) is 4.90 Å². The van der Waals surface area contributed by atoms with Gasteiger partial charge in [0.1, 0.15) is 5.82 Å². The summed E-state index contributed by atoms with van der Waals surface area (Å²) >= 11 is 0. The molecule has 1 aliphatic heterocycles. The van der Waals surface area contributed by atoms with Gasteiger partial charge in [-0.2, -0.15) is 13.2 Å². The number of rotatable bonds is 4. The molecule has 0 saturated carbocycles. The molecule has 1 fully saturated rings. The van der Waals surface area contributed by atoms with Gasteiger partial charge in [0.2, 0.25) is 0 Å². The van der Waals surface area contributed by atoms with Gasteiger partial charge in [-0.3, -0.25) is 4.90 Å². The summed E-state index contributed by atoms with van der Waals surface area (Å²) in [4.78, 5) is 1.97. The molecular weight excluding hydrogens is 288 g/mol. The summed E-state index contributed by atoms with van der Waals surface area (Å²) in [5.41, 5.74) is 5.16. The molecule has 2 rings (SSSR count). The minimum absolute atomic E-state index is 0.270. The fourth-order valence-electron chi connectivity index (χ4n) is 2.74. The summed E-state index contributed by atoms with van der Waals surface area (Å²) < 4.78 is 56.8. The number of likely N-dealkylation sites (tertiary alicyclic amines) is 1. The molecule has 0 radical (unpaired) electrons. The number of nitrogens with zero attached hydrogens (tertiary/aromatic N) is 1. The van der Waals surface area contributed by atoms with Gasteiger partial charge < -0.3 is 10.5 Å². The van der Waals surface area contributed by atoms with E-state index in [9.17, 15) is 17.6 Å². The average Bonchev–Trinajstić information content (AvgIpc) is 2.77. The van der Waals surface area contributed by atoms with Crippen LogP contribution < -0.4 is 5.73 Å². The SMILES string of the molecule is COCCN1CCC(N)C1c1ccc(F)c(C(F)(F)F)c1. The molecule has 0 spiro atoms. The van der Waals surface area contributed by atoms with Crippen molar-refractivity contribution in [1.29, 1.82) is 0 Å². The van der Waals surface area contributed by atoms with Crippen molar-refractivity contribution >= 4 is 0 Å². The zero-order valence-corrected chi connectivity index (χ0v) is 11.7. The van der Waals surface area contributed by atoms with Gasteiger partial charge in [0.15, 0.2) is 0 Å². The first-order chi connectivity index (χ1) is 9.84. The number of benzene rings is 1. The Kier molecular flexibility index (Phi) is 4.85. The van der Waals surface area contributed by atoms with Gasteiger partial charge in [0.05, 0.1) is 18.2 Å². The lowest BCUT2D eigenvalue weighted by atomic mass is 9.98. The lowest BCUT2D eigenvalue weighted by Crippen LogP contribution is -2.34. The Morgan fingerprint density at radius 3 is 2.71 bits per heavy atom. The summed E-state index contributed by atoms with van der Waals surface area (Å²) in [5, 5.41) is 0. The molecule has 2 N–H and O–H groups in total. The van der Waals surface area contributed by atoms with Crippen molar-refractivity contribution in [2.45, 2.75) is 24.7 Å². The molecule has 2 atom stereocenters. The lowest BCUT2D eigenvalue weighted by molar-refractivity contribution is -0.140. The largest absolute Gasteiger partial charge is 0.419 e. The topological polar surface area (TPSA) is 38.5 Å². The van der Waals surface area contributed by atoms with Gasteiger partial charge in [0, 0.05) is 26.2 Å². The van der Waals surface area contributed by atoms with E-state index in [1.165, 1.54) is 6.07 Å². The van der Waals surface area contributed by atoms with Crippen molar-refractivity contribution in [1.82, 2.24) is 4.90 Å². The molecule has 3 nitrogen and oxygen atoms in total. The third-order valence-corrected chi connectivity index (χ3v) is 3.77. The van der Waals surface area contributed by atoms with E-state index in [2.05, 4.69) is 0 Å². The van der Waals surface area contributed by atoms with Crippen LogP contribution in [0.5, 0.6) is 0 Å². The third kappa shape index (κ3) is 3.53. The molecular formula is C14H18F4N2O. The Labute approximate surface area is 120 Å². The van der Waals surface area contributed by atoms with Crippen molar-refractivity contribution in [3.8, 4) is 0 Å². The smallest absolute Gasteiger partial charge is 0.383 e. The molecule has 1 aromatic rings. The minimum Gasteiger partial charge on any atom is -0.383 e. The van der Waals surface area contributed by atoms with Crippen molar-refractivity contribution in [2.75, 3.05) is 26.8 Å². The molecule has 1 heterocycles. The second kappa shape index (κ2) is 6.29. The molecule has 1 aromatic carbocycles. The number of hydrogen-bond donors (Lipinski definition) is 1. The number of nitrogens with two attached hydrogens (primary N) is 1. The molecule has 1 aliphatic rings. The van der Waals surface area contributed by atoms with Crippen LogP contribution in [0.25, 0.3) is 0 Å². The summed E-state index contributed by atoms with van der Waals surface area (Å²) in [7, 11) is 1.56. The maximum atomic E-state index is 13.4. The summed E-state index contributed by atoms with van der Waals surface area (Å²) in [5.74, 6) is -1.26. The molecule has 1 saturated heterocycles. The van der Waals surface area contributed by atoms with Crippen LogP contribution in [-0.2, 0) is 10.9 Å². The monoisotopic (exact) mass is 306 g/mol. The van der Waals surface area contributed by atoms with E-state index >= 15 is 0 Å². The number of hydrogen-bond acceptors (Lipinski definition) is 3. The van der Waals surface area contributed by atoms with Crippen molar-refractivity contribution in [3.63, 3.8) is 0 Å². The predicted molar refractivity (Wildman–Crippen MR) is 70.2 cm³/mol. The normalized spacial score (nSPS) is 23.7. The van der Waals surface area contributed by atoms with Crippen LogP contribution in [0.1, 0.15) is 23.6 Å². The molecule has 21 heavy (non-hydrogen) atoms. The van der Waals surface area contributed by atoms with Crippen molar-refractivity contribution in [2.24, 2.45) is 5.73 Å². The highest BCUT2D eigenvalue weighted by Crippen LogP contribution is 2.36. The van der Waals surface area contributed by atoms with E-state index in [0.717, 1.165) is 12.1 Å². The van der Waals surface area contributed by atoms with E-state index in [-0.39, 0.29) is 12.1 Å². The van der Waals surface area contributed by atoms with Gasteiger partial charge in [-0.1, -0.05) is 6.07 Å². The number of halogens is 4. The fraction of sp³-hybridized carbons (Fsp3) is 0.571. The Bertz CT molecular complexity index is 492. The zero-order chi connectivity index (χ0) is 15.6. The number of ether oxygens (including phenoxy) is 1. The molecule has 0 bridgehead atoms. The number of alkyl halides is 3. The highest BCUT2D eigenvalue weighted by molar-refractivity contribution is 5.31. The third-order valence-electron chi connectivity index (χ3n) is 3.77. The summed E-state index contributed by atoms with van der Waals surface area (Å²) in [6, 6.07) is 2.48. The molecule has 0 aromatic heterocycles. The summed E-state index contributed by atoms with van der Waals surface area (Å²) in [6.45, 7) is 1.73. The van der Waals surface area contributed by atoms with Crippen LogP contribution in [0, 0.1) is 5.82 Å². The first-order valence-electron chi connectivity index (χ1n) is 6.70. The Hall–Kier alpha value is -1.18. The van der Waals surface area contributed by atoms with E-state index < -0.39 is 17.6 Å². The lowest BCUT2D eigenvalue weighted by Gasteiger charge is -2.27. The maximum Gasteiger partial charge on any atom is 0.419 e. The molecule has 2 unspecified atom stereocenters. The summed E-state index contributed by atoms with van der Waals surface area (Å²) in [6.07, 6.45) is -4.02. The number of methoxy groups -OCH3 is 1. The minimum atomic E-state index is -4.71. The van der Waals surface area contributed by atoms with Gasteiger partial charge in [-0.15, -0.1) is 0 Å². The Morgan fingerprint density at radius 1 is 1.38 bits per heavy atom. The van der Waals surface area contributed by atoms with Crippen LogP contribution in [0.3, 0.4) is 0 Å². The van der Waals surface area contributed by atoms with Crippen LogP contribution in [-0.4, -0.2) is 37.7 Å². The quantitative estimate of drug-likeness (QED) is 0.869. The van der Waals surface area contributed by atoms with E-state index in [1.54, 1.807) is 7.11 Å². The van der Waals surface area contributed by atoms with E-state index in [4.69, 9.17) is 10.5 Å². The first-order valence-corrected chi connectivity index (χ1v) is 6.70. The van der Waals surface area contributed by atoms with Crippen LogP contribution in [0.15, 0.2) is 18.2 Å². The molecule has 0 amide bonds. The first kappa shape index (κ1) is 16.2. The Morgan fingerprint density at radius 2 is 2.10 bits per heavy atom. The molecule has 7 heteroatoms. The van der Waals surface area contributed by atoms with Crippen molar-refractivity contribution in [3.05, 3.63) is 35.1 Å². The van der Waals surface area contributed by atoms with Crippen LogP contribution in [0.4, 0.5) is 17.6 Å². The van der Waals surface area contributed by atoms with E-state index in [0.29, 0.717) is 31.7 Å². The Balaban J connectivity index is 2.31. The predicted octanol–water partition coefficient (Wildman–Crippen LogP) is 2.57. The van der Waals surface area contributed by atoms with Crippen LogP contribution >= 0.6 is 0 Å². The van der Waals surface area contributed by atoms with Gasteiger partial charge in [-0.05, 0) is 24.1 Å². The highest BCUT2D eigenvalue weighted by Gasteiger charge is 2.37. The van der Waals surface area contributed by atoms with Crippen LogP contribution in [0.2, 0.25) is 0 Å². The fourth-order valence-corrected chi connectivity index (χ4v) is 2.74. The molecule has 118 valence electrons. The van der Waals surface area contributed by atoms with Gasteiger partial charge in [0.25, 0.3) is 0 Å². The zero-order valence-electron chi connectivity index (χ0n) is 11.7. The average molecular weight is 306 g/mol. The van der Waals surface area contributed by atoms with Gasteiger partial charge >= 0.3 is 6.18 Å². The second-order valence-corrected chi connectivity index (χ2v) is 5.16. The standard InChI is InChI=1S/C14H18F4N2O/c1-21-7-6-20-5-4-12(19)13(20)9-2-3-11(15)10(8-9)14(16,17)18/h2-3,8,12-13H,4-7,19H2,1H3.